The van der Waals surface area contributed by atoms with Gasteiger partial charge in [0.1, 0.15) is 12.1 Å². The number of hydrogen-bond acceptors (Lipinski definition) is 7. The first kappa shape index (κ1) is 21.7. The second-order valence-corrected chi connectivity index (χ2v) is 8.84. The molecule has 0 aliphatic carbocycles. The van der Waals surface area contributed by atoms with Gasteiger partial charge in [-0.3, -0.25) is 4.57 Å². The van der Waals surface area contributed by atoms with Crippen molar-refractivity contribution >= 4 is 57.8 Å². The predicted octanol–water partition coefficient (Wildman–Crippen LogP) is 5.77. The van der Waals surface area contributed by atoms with Crippen molar-refractivity contribution in [2.45, 2.75) is 24.4 Å². The number of nitrogens with one attached hydrogen (secondary N) is 1. The van der Waals surface area contributed by atoms with Crippen LogP contribution in [0.2, 0.25) is 10.0 Å². The Balaban J connectivity index is 1.42. The van der Waals surface area contributed by atoms with Crippen LogP contribution in [0.15, 0.2) is 66.2 Å². The van der Waals surface area contributed by atoms with Gasteiger partial charge in [-0.05, 0) is 36.8 Å². The van der Waals surface area contributed by atoms with Crippen molar-refractivity contribution in [1.82, 2.24) is 34.5 Å². The summed E-state index contributed by atoms with van der Waals surface area (Å²) in [5, 5.41) is 19.4. The smallest absolute Gasteiger partial charge is 0.230 e. The van der Waals surface area contributed by atoms with Gasteiger partial charge in [0.15, 0.2) is 10.8 Å². The van der Waals surface area contributed by atoms with Gasteiger partial charge in [-0.25, -0.2) is 14.6 Å². The third-order valence-corrected chi connectivity index (χ3v) is 6.62. The Morgan fingerprint density at radius 3 is 2.73 bits per heavy atom. The lowest BCUT2D eigenvalue weighted by Gasteiger charge is -2.09. The van der Waals surface area contributed by atoms with E-state index in [-0.39, 0.29) is 0 Å². The molecule has 1 N–H and O–H groups in total. The van der Waals surface area contributed by atoms with E-state index in [9.17, 15) is 0 Å². The lowest BCUT2D eigenvalue weighted by molar-refractivity contribution is 0.688. The molecule has 0 aliphatic rings. The second-order valence-electron chi connectivity index (χ2n) is 7.05. The van der Waals surface area contributed by atoms with Crippen LogP contribution in [0, 0.1) is 0 Å². The number of anilines is 2. The first-order valence-corrected chi connectivity index (χ1v) is 11.9. The molecule has 0 saturated heterocycles. The average Bonchev–Trinajstić information content (AvgIpc) is 3.43. The van der Waals surface area contributed by atoms with E-state index in [2.05, 4.69) is 30.6 Å². The Morgan fingerprint density at radius 1 is 1.03 bits per heavy atom. The summed E-state index contributed by atoms with van der Waals surface area (Å²) in [7, 11) is 0. The Morgan fingerprint density at radius 2 is 1.91 bits per heavy atom. The highest BCUT2D eigenvalue weighted by molar-refractivity contribution is 7.98. The van der Waals surface area contributed by atoms with Crippen LogP contribution in [0.3, 0.4) is 0 Å². The summed E-state index contributed by atoms with van der Waals surface area (Å²) < 4.78 is 3.72. The minimum atomic E-state index is 0.592. The summed E-state index contributed by atoms with van der Waals surface area (Å²) >= 11 is 14.0. The molecule has 3 heterocycles. The maximum absolute atomic E-state index is 6.29. The Labute approximate surface area is 204 Å². The quantitative estimate of drug-likeness (QED) is 0.286. The van der Waals surface area contributed by atoms with Crippen LogP contribution in [0.1, 0.15) is 12.5 Å². The minimum absolute atomic E-state index is 0.592. The summed E-state index contributed by atoms with van der Waals surface area (Å²) in [6.07, 6.45) is 3.21. The summed E-state index contributed by atoms with van der Waals surface area (Å²) in [4.78, 5) is 8.82. The highest BCUT2D eigenvalue weighted by atomic mass is 35.5. The number of aromatic nitrogens is 7. The number of rotatable bonds is 7. The van der Waals surface area contributed by atoms with Gasteiger partial charge in [0, 0.05) is 22.3 Å². The largest absolute Gasteiger partial charge is 0.308 e. The van der Waals surface area contributed by atoms with Gasteiger partial charge in [-0.15, -0.1) is 10.2 Å². The molecule has 33 heavy (non-hydrogen) atoms. The van der Waals surface area contributed by atoms with Crippen LogP contribution < -0.4 is 5.32 Å². The van der Waals surface area contributed by atoms with E-state index < -0.39 is 0 Å². The zero-order valence-corrected chi connectivity index (χ0v) is 19.8. The van der Waals surface area contributed by atoms with Gasteiger partial charge in [0.05, 0.1) is 17.3 Å². The van der Waals surface area contributed by atoms with E-state index in [1.807, 2.05) is 60.0 Å². The maximum Gasteiger partial charge on any atom is 0.230 e. The number of nitrogens with zero attached hydrogens (tertiary/aromatic N) is 7. The molecule has 0 saturated carbocycles. The fraction of sp³-hybridized carbons (Fsp3) is 0.136. The van der Waals surface area contributed by atoms with Crippen molar-refractivity contribution < 1.29 is 0 Å². The topological polar surface area (TPSA) is 86.3 Å². The lowest BCUT2D eigenvalue weighted by Crippen LogP contribution is -2.05. The van der Waals surface area contributed by atoms with Crippen LogP contribution in [0.4, 0.5) is 11.8 Å². The average molecular weight is 497 g/mol. The number of hydrogen-bond donors (Lipinski definition) is 1. The SMILES string of the molecule is CCn1c(Nc2ncnc3c2cnn3-c2cccc(Cl)c2)nnc1SCc1ccccc1Cl. The Bertz CT molecular complexity index is 1430. The number of thioether (sulfide) groups is 1. The van der Waals surface area contributed by atoms with Crippen molar-refractivity contribution in [2.24, 2.45) is 0 Å². The van der Waals surface area contributed by atoms with Gasteiger partial charge in [0.2, 0.25) is 5.95 Å². The molecule has 2 aromatic carbocycles. The molecule has 5 rings (SSSR count). The van der Waals surface area contributed by atoms with E-state index in [1.165, 1.54) is 6.33 Å². The Kier molecular flexibility index (Phi) is 6.17. The second kappa shape index (κ2) is 9.38. The van der Waals surface area contributed by atoms with Crippen molar-refractivity contribution in [3.8, 4) is 5.69 Å². The number of fused-ring (bicyclic) bond motifs is 1. The summed E-state index contributed by atoms with van der Waals surface area (Å²) in [5.41, 5.74) is 2.53. The molecule has 5 aromatic rings. The highest BCUT2D eigenvalue weighted by Gasteiger charge is 2.16. The van der Waals surface area contributed by atoms with Crippen LogP contribution in [-0.2, 0) is 12.3 Å². The minimum Gasteiger partial charge on any atom is -0.308 e. The maximum atomic E-state index is 6.29. The summed E-state index contributed by atoms with van der Waals surface area (Å²) in [6.45, 7) is 2.73. The molecule has 0 aliphatic heterocycles. The molecule has 0 spiro atoms. The van der Waals surface area contributed by atoms with Crippen LogP contribution in [0.5, 0.6) is 0 Å². The zero-order chi connectivity index (χ0) is 22.8. The molecule has 0 fully saturated rings. The molecule has 166 valence electrons. The standard InChI is InChI=1S/C22H18Cl2N8S/c1-2-31-21(29-30-22(31)33-12-14-6-3-4-9-18(14)24)28-19-17-11-27-32(20(17)26-13-25-19)16-8-5-7-15(23)10-16/h3-11,13H,2,12H2,1H3,(H,25,26,28,29). The van der Waals surface area contributed by atoms with Crippen LogP contribution in [-0.4, -0.2) is 34.5 Å². The fourth-order valence-corrected chi connectivity index (χ4v) is 4.85. The molecule has 0 amide bonds. The molecular weight excluding hydrogens is 479 g/mol. The number of halogens is 2. The lowest BCUT2D eigenvalue weighted by atomic mass is 10.2. The van der Waals surface area contributed by atoms with Gasteiger partial charge < -0.3 is 5.32 Å². The first-order chi connectivity index (χ1) is 16.1. The van der Waals surface area contributed by atoms with Gasteiger partial charge >= 0.3 is 0 Å². The molecule has 0 bridgehead atoms. The fourth-order valence-electron chi connectivity index (χ4n) is 3.38. The van der Waals surface area contributed by atoms with Gasteiger partial charge in [-0.1, -0.05) is 59.2 Å². The van der Waals surface area contributed by atoms with E-state index in [4.69, 9.17) is 23.2 Å². The molecule has 0 unspecified atom stereocenters. The van der Waals surface area contributed by atoms with Crippen molar-refractivity contribution in [3.63, 3.8) is 0 Å². The van der Waals surface area contributed by atoms with Crippen molar-refractivity contribution in [3.05, 3.63) is 76.7 Å². The monoisotopic (exact) mass is 496 g/mol. The Hall–Kier alpha value is -3.14. The van der Waals surface area contributed by atoms with Crippen molar-refractivity contribution in [2.75, 3.05) is 5.32 Å². The van der Waals surface area contributed by atoms with E-state index in [1.54, 1.807) is 22.6 Å². The highest BCUT2D eigenvalue weighted by Crippen LogP contribution is 2.29. The van der Waals surface area contributed by atoms with Gasteiger partial charge in [0.25, 0.3) is 0 Å². The van der Waals surface area contributed by atoms with Crippen LogP contribution >= 0.6 is 35.0 Å². The summed E-state index contributed by atoms with van der Waals surface area (Å²) in [6, 6.07) is 15.2. The molecule has 11 heteroatoms. The van der Waals surface area contributed by atoms with E-state index in [0.29, 0.717) is 34.7 Å². The van der Waals surface area contributed by atoms with Crippen molar-refractivity contribution in [1.29, 1.82) is 0 Å². The zero-order valence-electron chi connectivity index (χ0n) is 17.5. The normalized spacial score (nSPS) is 11.2. The molecule has 3 aromatic heterocycles. The predicted molar refractivity (Wildman–Crippen MR) is 132 cm³/mol. The summed E-state index contributed by atoms with van der Waals surface area (Å²) in [5.74, 6) is 1.88. The van der Waals surface area contributed by atoms with Gasteiger partial charge in [-0.2, -0.15) is 5.10 Å². The third-order valence-electron chi connectivity index (χ3n) is 5.00. The molecule has 0 atom stereocenters. The number of benzene rings is 2. The van der Waals surface area contributed by atoms with E-state index >= 15 is 0 Å². The molecule has 0 radical (unpaired) electrons. The molecule has 8 nitrogen and oxygen atoms in total. The first-order valence-electron chi connectivity index (χ1n) is 10.1. The van der Waals surface area contributed by atoms with Crippen LogP contribution in [0.25, 0.3) is 16.7 Å². The molecular formula is C22H18Cl2N8S. The third kappa shape index (κ3) is 4.39. The van der Waals surface area contributed by atoms with E-state index in [0.717, 1.165) is 26.8 Å².